The SMILES string of the molecule is CCn1c(CNC(=O)c2nc(Br)cnc2N)[n+](Cc2ccccc2)c2ccc(C(F)(F)F)cc21. The highest BCUT2D eigenvalue weighted by Gasteiger charge is 2.33. The fraction of sp³-hybridized carbons (Fsp3) is 0.217. The normalized spacial score (nSPS) is 11.7. The molecule has 0 spiro atoms. The van der Waals surface area contributed by atoms with E-state index in [2.05, 4.69) is 31.2 Å². The van der Waals surface area contributed by atoms with E-state index in [4.69, 9.17) is 5.73 Å². The molecule has 0 saturated heterocycles. The molecule has 2 heterocycles. The molecule has 4 aromatic rings. The second-order valence-corrected chi connectivity index (χ2v) is 8.36. The molecule has 1 amide bonds. The fourth-order valence-corrected chi connectivity index (χ4v) is 4.12. The number of nitrogens with two attached hydrogens (primary N) is 1. The van der Waals surface area contributed by atoms with Crippen LogP contribution in [-0.4, -0.2) is 20.4 Å². The topological polar surface area (TPSA) is 89.7 Å². The van der Waals surface area contributed by atoms with Crippen LogP contribution in [0.3, 0.4) is 0 Å². The number of carbonyl (C=O) groups excluding carboxylic acids is 1. The Morgan fingerprint density at radius 3 is 2.62 bits per heavy atom. The zero-order chi connectivity index (χ0) is 24.5. The fourth-order valence-electron chi connectivity index (χ4n) is 3.84. The van der Waals surface area contributed by atoms with Crippen LogP contribution in [0.1, 0.15) is 34.4 Å². The molecule has 0 unspecified atom stereocenters. The molecule has 0 aliphatic carbocycles. The first kappa shape index (κ1) is 23.7. The maximum atomic E-state index is 13.4. The molecule has 2 aromatic heterocycles. The highest BCUT2D eigenvalue weighted by Crippen LogP contribution is 2.31. The third-order valence-corrected chi connectivity index (χ3v) is 5.78. The van der Waals surface area contributed by atoms with Crippen molar-refractivity contribution in [2.45, 2.75) is 32.7 Å². The highest BCUT2D eigenvalue weighted by atomic mass is 79.9. The third-order valence-electron chi connectivity index (χ3n) is 5.40. The Kier molecular flexibility index (Phi) is 6.56. The van der Waals surface area contributed by atoms with Crippen LogP contribution >= 0.6 is 15.9 Å². The molecule has 0 saturated carbocycles. The van der Waals surface area contributed by atoms with E-state index in [0.29, 0.717) is 34.6 Å². The van der Waals surface area contributed by atoms with Gasteiger partial charge in [0.15, 0.2) is 22.5 Å². The van der Waals surface area contributed by atoms with E-state index in [1.807, 2.05) is 41.8 Å². The lowest BCUT2D eigenvalue weighted by Crippen LogP contribution is -2.41. The van der Waals surface area contributed by atoms with Crippen LogP contribution in [0.5, 0.6) is 0 Å². The summed E-state index contributed by atoms with van der Waals surface area (Å²) in [6, 6.07) is 13.2. The first-order valence-electron chi connectivity index (χ1n) is 10.4. The Hall–Kier alpha value is -3.47. The quantitative estimate of drug-likeness (QED) is 0.365. The number of aromatic nitrogens is 4. The Balaban J connectivity index is 1.78. The molecule has 176 valence electrons. The van der Waals surface area contributed by atoms with Crippen molar-refractivity contribution in [3.05, 3.63) is 82.0 Å². The Morgan fingerprint density at radius 2 is 1.94 bits per heavy atom. The van der Waals surface area contributed by atoms with Gasteiger partial charge in [0.2, 0.25) is 0 Å². The van der Waals surface area contributed by atoms with Crippen LogP contribution < -0.4 is 15.6 Å². The lowest BCUT2D eigenvalue weighted by Gasteiger charge is -2.08. The number of halogens is 4. The molecular weight excluding hydrogens is 513 g/mol. The predicted octanol–water partition coefficient (Wildman–Crippen LogP) is 4.08. The monoisotopic (exact) mass is 533 g/mol. The van der Waals surface area contributed by atoms with Crippen molar-refractivity contribution in [1.82, 2.24) is 19.9 Å². The summed E-state index contributed by atoms with van der Waals surface area (Å²) >= 11 is 3.17. The van der Waals surface area contributed by atoms with E-state index < -0.39 is 17.6 Å². The number of rotatable bonds is 6. The number of fused-ring (bicyclic) bond motifs is 1. The molecule has 0 atom stereocenters. The summed E-state index contributed by atoms with van der Waals surface area (Å²) in [5.41, 5.74) is 7.05. The van der Waals surface area contributed by atoms with Crippen LogP contribution in [0.25, 0.3) is 11.0 Å². The maximum Gasteiger partial charge on any atom is 0.416 e. The number of hydrogen-bond donors (Lipinski definition) is 2. The van der Waals surface area contributed by atoms with Crippen molar-refractivity contribution in [2.75, 3.05) is 5.73 Å². The molecule has 0 fully saturated rings. The van der Waals surface area contributed by atoms with Gasteiger partial charge in [0.05, 0.1) is 18.3 Å². The smallest absolute Gasteiger partial charge is 0.382 e. The number of nitrogens with zero attached hydrogens (tertiary/aromatic N) is 4. The van der Waals surface area contributed by atoms with Crippen LogP contribution in [0.4, 0.5) is 19.0 Å². The number of benzene rings is 2. The molecular formula is C23H21BrF3N6O+. The summed E-state index contributed by atoms with van der Waals surface area (Å²) in [7, 11) is 0. The van der Waals surface area contributed by atoms with Gasteiger partial charge in [0.25, 0.3) is 11.7 Å². The molecule has 4 rings (SSSR count). The van der Waals surface area contributed by atoms with Gasteiger partial charge in [0.1, 0.15) is 17.7 Å². The number of nitrogen functional groups attached to an aromatic ring is 1. The molecule has 3 N–H and O–H groups in total. The lowest BCUT2D eigenvalue weighted by molar-refractivity contribution is -0.671. The average Bonchev–Trinajstić information content (AvgIpc) is 3.10. The molecule has 2 aromatic carbocycles. The summed E-state index contributed by atoms with van der Waals surface area (Å²) in [5.74, 6) is 0.0701. The average molecular weight is 534 g/mol. The van der Waals surface area contributed by atoms with Gasteiger partial charge in [0, 0.05) is 6.07 Å². The largest absolute Gasteiger partial charge is 0.416 e. The molecule has 0 bridgehead atoms. The minimum atomic E-state index is -4.47. The van der Waals surface area contributed by atoms with Gasteiger partial charge in [-0.3, -0.25) is 4.79 Å². The number of amides is 1. The van der Waals surface area contributed by atoms with Crippen LogP contribution in [0, 0.1) is 0 Å². The zero-order valence-electron chi connectivity index (χ0n) is 18.1. The van der Waals surface area contributed by atoms with Crippen molar-refractivity contribution in [2.24, 2.45) is 0 Å². The van der Waals surface area contributed by atoms with Crippen molar-refractivity contribution >= 4 is 38.7 Å². The summed E-state index contributed by atoms with van der Waals surface area (Å²) in [5, 5.41) is 2.78. The molecule has 0 aliphatic heterocycles. The molecule has 11 heteroatoms. The minimum absolute atomic E-state index is 0.0243. The van der Waals surface area contributed by atoms with Crippen LogP contribution in [0.2, 0.25) is 0 Å². The first-order valence-corrected chi connectivity index (χ1v) is 11.2. The Bertz CT molecular complexity index is 1350. The highest BCUT2D eigenvalue weighted by molar-refractivity contribution is 9.10. The van der Waals surface area contributed by atoms with Gasteiger partial charge < -0.3 is 11.1 Å². The Morgan fingerprint density at radius 1 is 1.21 bits per heavy atom. The third kappa shape index (κ3) is 4.74. The van der Waals surface area contributed by atoms with Gasteiger partial charge in [-0.1, -0.05) is 30.3 Å². The number of alkyl halides is 3. The maximum absolute atomic E-state index is 13.4. The van der Waals surface area contributed by atoms with E-state index in [0.717, 1.165) is 17.7 Å². The summed E-state index contributed by atoms with van der Waals surface area (Å²) in [6.07, 6.45) is -3.08. The van der Waals surface area contributed by atoms with Gasteiger partial charge in [-0.25, -0.2) is 19.1 Å². The summed E-state index contributed by atoms with van der Waals surface area (Å²) in [6.45, 7) is 2.71. The number of nitrogens with one attached hydrogen (secondary N) is 1. The van der Waals surface area contributed by atoms with Gasteiger partial charge in [-0.05, 0) is 40.5 Å². The van der Waals surface area contributed by atoms with Gasteiger partial charge >= 0.3 is 6.18 Å². The van der Waals surface area contributed by atoms with Crippen molar-refractivity contribution in [3.63, 3.8) is 0 Å². The van der Waals surface area contributed by atoms with Crippen molar-refractivity contribution in [1.29, 1.82) is 0 Å². The van der Waals surface area contributed by atoms with E-state index in [1.54, 1.807) is 4.57 Å². The van der Waals surface area contributed by atoms with Crippen LogP contribution in [0.15, 0.2) is 59.3 Å². The van der Waals surface area contributed by atoms with Gasteiger partial charge in [-0.15, -0.1) is 0 Å². The minimum Gasteiger partial charge on any atom is -0.382 e. The van der Waals surface area contributed by atoms with E-state index in [1.165, 1.54) is 12.3 Å². The van der Waals surface area contributed by atoms with Crippen LogP contribution in [-0.2, 0) is 25.8 Å². The van der Waals surface area contributed by atoms with Crippen molar-refractivity contribution < 1.29 is 22.5 Å². The summed E-state index contributed by atoms with van der Waals surface area (Å²) < 4.78 is 44.3. The Labute approximate surface area is 201 Å². The zero-order valence-corrected chi connectivity index (χ0v) is 19.7. The summed E-state index contributed by atoms with van der Waals surface area (Å²) in [4.78, 5) is 20.8. The number of carbonyl (C=O) groups is 1. The molecule has 34 heavy (non-hydrogen) atoms. The van der Waals surface area contributed by atoms with E-state index >= 15 is 0 Å². The number of imidazole rings is 1. The number of aryl methyl sites for hydroxylation is 1. The predicted molar refractivity (Wildman–Crippen MR) is 124 cm³/mol. The standard InChI is InChI=1S/C23H20BrF3N6O/c1-2-32-17-10-15(23(25,26)27)8-9-16(17)33(13-14-6-4-3-5-7-14)19(32)12-30-22(34)20-21(28)29-11-18(24)31-20/h3-11H,2,12-13H2,1H3,(H2-,28,29,30,34)/p+1. The molecule has 0 radical (unpaired) electrons. The number of anilines is 1. The van der Waals surface area contributed by atoms with Gasteiger partial charge in [-0.2, -0.15) is 13.2 Å². The van der Waals surface area contributed by atoms with E-state index in [-0.39, 0.29) is 18.1 Å². The van der Waals surface area contributed by atoms with Crippen molar-refractivity contribution in [3.8, 4) is 0 Å². The molecule has 0 aliphatic rings. The second kappa shape index (κ2) is 9.41. The second-order valence-electron chi connectivity index (χ2n) is 7.54. The molecule has 7 nitrogen and oxygen atoms in total. The first-order chi connectivity index (χ1) is 16.2. The van der Waals surface area contributed by atoms with E-state index in [9.17, 15) is 18.0 Å². The lowest BCUT2D eigenvalue weighted by atomic mass is 10.2. The number of hydrogen-bond acceptors (Lipinski definition) is 4.